The van der Waals surface area contributed by atoms with E-state index in [4.69, 9.17) is 4.42 Å². The van der Waals surface area contributed by atoms with Gasteiger partial charge >= 0.3 is 0 Å². The van der Waals surface area contributed by atoms with Gasteiger partial charge < -0.3 is 4.42 Å². The summed E-state index contributed by atoms with van der Waals surface area (Å²) in [5, 5.41) is 8.20. The molecule has 0 aliphatic carbocycles. The summed E-state index contributed by atoms with van der Waals surface area (Å²) < 4.78 is 30.8. The second-order valence-corrected chi connectivity index (χ2v) is 8.61. The Morgan fingerprint density at radius 3 is 2.41 bits per heavy atom. The number of aryl methyl sites for hydroxylation is 1. The van der Waals surface area contributed by atoms with Gasteiger partial charge in [0.1, 0.15) is 5.69 Å². The molecule has 148 valence electrons. The van der Waals surface area contributed by atoms with E-state index in [9.17, 15) is 8.42 Å². The van der Waals surface area contributed by atoms with Gasteiger partial charge in [-0.15, -0.1) is 10.2 Å². The molecule has 4 rings (SSSR count). The Morgan fingerprint density at radius 1 is 0.966 bits per heavy atom. The SMILES string of the molecule is CCS(=O)(=O)c1ccccc1-c1cnc(C)c(-c2nnc(-c3ccccc3)o2)n1.[HH]. The predicted molar refractivity (Wildman–Crippen MR) is 111 cm³/mol. The fourth-order valence-electron chi connectivity index (χ4n) is 2.90. The fourth-order valence-corrected chi connectivity index (χ4v) is 4.01. The molecule has 8 heteroatoms. The molecule has 7 nitrogen and oxygen atoms in total. The van der Waals surface area contributed by atoms with Crippen molar-refractivity contribution in [1.82, 2.24) is 20.2 Å². The Morgan fingerprint density at radius 2 is 1.66 bits per heavy atom. The van der Waals surface area contributed by atoms with Crippen molar-refractivity contribution in [3.63, 3.8) is 0 Å². The molecule has 0 bridgehead atoms. The van der Waals surface area contributed by atoms with Crippen molar-refractivity contribution in [3.8, 4) is 34.3 Å². The van der Waals surface area contributed by atoms with Gasteiger partial charge in [0.2, 0.25) is 5.89 Å². The Hall–Kier alpha value is -3.39. The zero-order valence-electron chi connectivity index (χ0n) is 15.9. The van der Waals surface area contributed by atoms with Gasteiger partial charge in [-0.1, -0.05) is 43.3 Å². The molecule has 29 heavy (non-hydrogen) atoms. The summed E-state index contributed by atoms with van der Waals surface area (Å²) in [5.41, 5.74) is 2.74. The molecule has 0 fully saturated rings. The van der Waals surface area contributed by atoms with Crippen LogP contribution >= 0.6 is 0 Å². The second-order valence-electron chi connectivity index (χ2n) is 6.37. The summed E-state index contributed by atoms with van der Waals surface area (Å²) >= 11 is 0. The van der Waals surface area contributed by atoms with Gasteiger partial charge in [-0.05, 0) is 25.1 Å². The minimum atomic E-state index is -3.42. The number of hydrogen-bond donors (Lipinski definition) is 0. The lowest BCUT2D eigenvalue weighted by atomic mass is 10.1. The number of hydrogen-bond acceptors (Lipinski definition) is 7. The highest BCUT2D eigenvalue weighted by Gasteiger charge is 2.20. The molecule has 0 radical (unpaired) electrons. The highest BCUT2D eigenvalue weighted by atomic mass is 32.2. The first kappa shape index (κ1) is 18.9. The number of sulfone groups is 1. The molecular weight excluding hydrogens is 388 g/mol. The number of nitrogens with zero attached hydrogens (tertiary/aromatic N) is 4. The lowest BCUT2D eigenvalue weighted by Crippen LogP contribution is -2.06. The third-order valence-corrected chi connectivity index (χ3v) is 6.27. The quantitative estimate of drug-likeness (QED) is 0.488. The van der Waals surface area contributed by atoms with Crippen LogP contribution in [0.5, 0.6) is 0 Å². The predicted octanol–water partition coefficient (Wildman–Crippen LogP) is 4.21. The third-order valence-electron chi connectivity index (χ3n) is 4.48. The minimum absolute atomic E-state index is 0. The van der Waals surface area contributed by atoms with Crippen molar-refractivity contribution >= 4 is 9.84 Å². The number of rotatable bonds is 5. The first-order valence-corrected chi connectivity index (χ1v) is 10.7. The fraction of sp³-hybridized carbons (Fsp3) is 0.143. The van der Waals surface area contributed by atoms with E-state index in [1.165, 1.54) is 0 Å². The molecular formula is C21H20N4O3S. The topological polar surface area (TPSA) is 98.8 Å². The van der Waals surface area contributed by atoms with E-state index >= 15 is 0 Å². The monoisotopic (exact) mass is 408 g/mol. The van der Waals surface area contributed by atoms with Gasteiger partial charge in [0.15, 0.2) is 9.84 Å². The van der Waals surface area contributed by atoms with Crippen LogP contribution in [-0.4, -0.2) is 34.3 Å². The Kier molecular flexibility index (Phi) is 4.94. The summed E-state index contributed by atoms with van der Waals surface area (Å²) in [6.45, 7) is 3.40. The molecule has 0 saturated carbocycles. The first-order valence-electron chi connectivity index (χ1n) is 9.04. The zero-order valence-corrected chi connectivity index (χ0v) is 16.7. The van der Waals surface area contributed by atoms with E-state index in [0.717, 1.165) is 5.56 Å². The van der Waals surface area contributed by atoms with Crippen molar-refractivity contribution in [2.75, 3.05) is 5.75 Å². The zero-order chi connectivity index (χ0) is 20.4. The van der Waals surface area contributed by atoms with Gasteiger partial charge in [0.25, 0.3) is 5.89 Å². The van der Waals surface area contributed by atoms with Crippen LogP contribution in [0, 0.1) is 6.92 Å². The normalized spacial score (nSPS) is 11.5. The smallest absolute Gasteiger partial charge is 0.268 e. The van der Waals surface area contributed by atoms with Crippen LogP contribution in [0.25, 0.3) is 34.3 Å². The van der Waals surface area contributed by atoms with Gasteiger partial charge in [-0.2, -0.15) is 0 Å². The van der Waals surface area contributed by atoms with Gasteiger partial charge in [-0.25, -0.2) is 13.4 Å². The Labute approximate surface area is 169 Å². The molecule has 4 aromatic rings. The first-order chi connectivity index (χ1) is 14.0. The number of benzene rings is 2. The van der Waals surface area contributed by atoms with E-state index in [-0.39, 0.29) is 18.0 Å². The van der Waals surface area contributed by atoms with Gasteiger partial charge in [0, 0.05) is 12.6 Å². The molecule has 0 aliphatic rings. The van der Waals surface area contributed by atoms with Crippen LogP contribution in [0.15, 0.2) is 70.1 Å². The van der Waals surface area contributed by atoms with Crippen LogP contribution in [0.3, 0.4) is 0 Å². The van der Waals surface area contributed by atoms with E-state index < -0.39 is 9.84 Å². The molecule has 2 heterocycles. The van der Waals surface area contributed by atoms with Crippen LogP contribution in [0.4, 0.5) is 0 Å². The summed E-state index contributed by atoms with van der Waals surface area (Å²) in [7, 11) is -3.42. The second kappa shape index (κ2) is 7.56. The van der Waals surface area contributed by atoms with Crippen molar-refractivity contribution in [2.24, 2.45) is 0 Å². The molecule has 0 amide bonds. The summed E-state index contributed by atoms with van der Waals surface area (Å²) in [4.78, 5) is 9.21. The van der Waals surface area contributed by atoms with Crippen molar-refractivity contribution in [3.05, 3.63) is 66.5 Å². The van der Waals surface area contributed by atoms with E-state index in [1.54, 1.807) is 44.3 Å². The van der Waals surface area contributed by atoms with E-state index in [2.05, 4.69) is 20.2 Å². The lowest BCUT2D eigenvalue weighted by Gasteiger charge is -2.10. The molecule has 0 spiro atoms. The van der Waals surface area contributed by atoms with E-state index in [1.807, 2.05) is 30.3 Å². The van der Waals surface area contributed by atoms with Gasteiger partial charge in [-0.3, -0.25) is 4.98 Å². The molecule has 0 aliphatic heterocycles. The molecule has 0 unspecified atom stereocenters. The third kappa shape index (κ3) is 3.66. The number of aromatic nitrogens is 4. The Balaban J connectivity index is 0.00000256. The molecule has 2 aromatic carbocycles. The van der Waals surface area contributed by atoms with Gasteiger partial charge in [0.05, 0.1) is 28.2 Å². The summed E-state index contributed by atoms with van der Waals surface area (Å²) in [6.07, 6.45) is 1.55. The van der Waals surface area contributed by atoms with Crippen LogP contribution < -0.4 is 0 Å². The maximum atomic E-state index is 12.5. The highest BCUT2D eigenvalue weighted by Crippen LogP contribution is 2.30. The molecule has 0 saturated heterocycles. The van der Waals surface area contributed by atoms with Crippen molar-refractivity contribution < 1.29 is 14.3 Å². The lowest BCUT2D eigenvalue weighted by molar-refractivity contribution is 0.581. The maximum absolute atomic E-state index is 12.5. The average Bonchev–Trinajstić information content (AvgIpc) is 3.25. The summed E-state index contributed by atoms with van der Waals surface area (Å²) in [6, 6.07) is 16.2. The largest absolute Gasteiger partial charge is 0.415 e. The highest BCUT2D eigenvalue weighted by molar-refractivity contribution is 7.91. The van der Waals surface area contributed by atoms with Crippen LogP contribution in [0.1, 0.15) is 14.0 Å². The van der Waals surface area contributed by atoms with Crippen molar-refractivity contribution in [1.29, 1.82) is 0 Å². The van der Waals surface area contributed by atoms with Crippen LogP contribution in [-0.2, 0) is 9.84 Å². The standard InChI is InChI=1S/C21H18N4O3S.H2/c1-3-29(26,27)18-12-8-7-11-16(18)17-13-22-14(2)19(23-17)21-25-24-20(28-21)15-9-5-4-6-10-15;/h4-13H,3H2,1-2H3;1H. The minimum Gasteiger partial charge on any atom is -0.415 e. The average molecular weight is 408 g/mol. The molecule has 2 aromatic heterocycles. The maximum Gasteiger partial charge on any atom is 0.268 e. The van der Waals surface area contributed by atoms with Crippen LogP contribution in [0.2, 0.25) is 0 Å². The van der Waals surface area contributed by atoms with E-state index in [0.29, 0.717) is 28.5 Å². The Bertz CT molecular complexity index is 1270. The molecule has 0 atom stereocenters. The summed E-state index contributed by atoms with van der Waals surface area (Å²) in [5.74, 6) is 0.605. The molecule has 0 N–H and O–H groups in total. The van der Waals surface area contributed by atoms with Crippen molar-refractivity contribution in [2.45, 2.75) is 18.7 Å².